The Hall–Kier alpha value is -2.77. The maximum Gasteiger partial charge on any atom is 0.301 e. The molecule has 1 aliphatic carbocycles. The van der Waals surface area contributed by atoms with Crippen molar-refractivity contribution in [3.63, 3.8) is 0 Å². The van der Waals surface area contributed by atoms with Crippen LogP contribution in [0.1, 0.15) is 52.4 Å². The van der Waals surface area contributed by atoms with Crippen LogP contribution >= 0.6 is 0 Å². The van der Waals surface area contributed by atoms with Gasteiger partial charge in [0.2, 0.25) is 0 Å². The highest BCUT2D eigenvalue weighted by Gasteiger charge is 2.21. The van der Waals surface area contributed by atoms with Crippen LogP contribution in [0.25, 0.3) is 0 Å². The van der Waals surface area contributed by atoms with Crippen molar-refractivity contribution in [3.05, 3.63) is 50.1 Å². The number of allylic oxidation sites excluding steroid dienone is 2. The second kappa shape index (κ2) is 9.07. The third-order valence-corrected chi connectivity index (χ3v) is 4.68. The first-order chi connectivity index (χ1) is 12.5. The highest BCUT2D eigenvalue weighted by Crippen LogP contribution is 2.30. The molecule has 26 heavy (non-hydrogen) atoms. The number of nitro benzene ring substituents is 2. The molecule has 0 bridgehead atoms. The fourth-order valence-electron chi connectivity index (χ4n) is 3.17. The second-order valence-corrected chi connectivity index (χ2v) is 6.31. The number of anilines is 1. The molecule has 1 aromatic carbocycles. The van der Waals surface area contributed by atoms with Gasteiger partial charge in [-0.15, -0.1) is 0 Å². The monoisotopic (exact) mass is 360 g/mol. The van der Waals surface area contributed by atoms with Crippen LogP contribution in [0, 0.1) is 26.1 Å². The van der Waals surface area contributed by atoms with Gasteiger partial charge in [0.25, 0.3) is 5.69 Å². The predicted molar refractivity (Wildman–Crippen MR) is 101 cm³/mol. The van der Waals surface area contributed by atoms with Crippen LogP contribution in [0.2, 0.25) is 0 Å². The van der Waals surface area contributed by atoms with Gasteiger partial charge in [0, 0.05) is 12.0 Å². The minimum Gasteiger partial charge on any atom is -0.271 e. The van der Waals surface area contributed by atoms with Crippen molar-refractivity contribution in [2.75, 3.05) is 5.43 Å². The van der Waals surface area contributed by atoms with Crippen molar-refractivity contribution in [2.45, 2.75) is 52.4 Å². The van der Waals surface area contributed by atoms with E-state index in [1.807, 2.05) is 0 Å². The molecule has 0 radical (unpaired) electrons. The highest BCUT2D eigenvalue weighted by atomic mass is 16.6. The molecule has 1 aliphatic rings. The van der Waals surface area contributed by atoms with Crippen LogP contribution in [0.4, 0.5) is 17.1 Å². The van der Waals surface area contributed by atoms with E-state index in [4.69, 9.17) is 0 Å². The molecule has 1 aromatic rings. The molecule has 0 aromatic heterocycles. The fourth-order valence-corrected chi connectivity index (χ4v) is 3.17. The standard InChI is InChI=1S/C18H24N4O4/c1-3-13(4-2)18(14-8-6-5-7-9-14)20-19-16-11-10-15(21(23)24)12-17(16)22(25)26/h8,10-13,19H,3-7,9H2,1-2H3. The molecule has 8 heteroatoms. The lowest BCUT2D eigenvalue weighted by Gasteiger charge is -2.21. The largest absolute Gasteiger partial charge is 0.301 e. The van der Waals surface area contributed by atoms with Gasteiger partial charge < -0.3 is 0 Å². The van der Waals surface area contributed by atoms with E-state index in [1.165, 1.54) is 24.1 Å². The first-order valence-corrected chi connectivity index (χ1v) is 8.93. The van der Waals surface area contributed by atoms with Gasteiger partial charge in [-0.1, -0.05) is 19.9 Å². The lowest BCUT2D eigenvalue weighted by atomic mass is 9.86. The zero-order valence-electron chi connectivity index (χ0n) is 15.1. The third kappa shape index (κ3) is 4.65. The summed E-state index contributed by atoms with van der Waals surface area (Å²) in [6, 6.07) is 3.52. The number of hydrogen-bond acceptors (Lipinski definition) is 6. The number of nitrogens with one attached hydrogen (secondary N) is 1. The van der Waals surface area contributed by atoms with Crippen molar-refractivity contribution < 1.29 is 9.85 Å². The predicted octanol–water partition coefficient (Wildman–Crippen LogP) is 5.21. The maximum atomic E-state index is 11.3. The molecule has 1 N–H and O–H groups in total. The Morgan fingerprint density at radius 3 is 2.46 bits per heavy atom. The SMILES string of the molecule is CCC(CC)C(=NNc1ccc([N+](=O)[O-])cc1[N+](=O)[O-])C1=CCCCC1. The van der Waals surface area contributed by atoms with Gasteiger partial charge in [0.15, 0.2) is 0 Å². The Morgan fingerprint density at radius 2 is 1.92 bits per heavy atom. The summed E-state index contributed by atoms with van der Waals surface area (Å²) in [5.74, 6) is 0.268. The number of nitrogens with zero attached hydrogens (tertiary/aromatic N) is 3. The van der Waals surface area contributed by atoms with Crippen molar-refractivity contribution >= 4 is 22.8 Å². The summed E-state index contributed by atoms with van der Waals surface area (Å²) >= 11 is 0. The number of rotatable bonds is 8. The molecule has 8 nitrogen and oxygen atoms in total. The summed E-state index contributed by atoms with van der Waals surface area (Å²) in [5, 5.41) is 26.6. The average Bonchev–Trinajstić information content (AvgIpc) is 2.65. The summed E-state index contributed by atoms with van der Waals surface area (Å²) in [5.41, 5.74) is 4.40. The molecule has 0 amide bonds. The Bertz CT molecular complexity index is 739. The first kappa shape index (κ1) is 19.6. The molecular weight excluding hydrogens is 336 g/mol. The molecule has 0 heterocycles. The molecule has 140 valence electrons. The Morgan fingerprint density at radius 1 is 1.19 bits per heavy atom. The summed E-state index contributed by atoms with van der Waals surface area (Å²) in [6.07, 6.45) is 8.31. The third-order valence-electron chi connectivity index (χ3n) is 4.68. The normalized spacial score (nSPS) is 14.9. The maximum absolute atomic E-state index is 11.3. The minimum absolute atomic E-state index is 0.153. The molecule has 0 unspecified atom stereocenters. The van der Waals surface area contributed by atoms with E-state index >= 15 is 0 Å². The van der Waals surface area contributed by atoms with Gasteiger partial charge in [0.05, 0.1) is 21.6 Å². The van der Waals surface area contributed by atoms with Crippen molar-refractivity contribution in [1.82, 2.24) is 0 Å². The van der Waals surface area contributed by atoms with Crippen LogP contribution in [-0.4, -0.2) is 15.6 Å². The van der Waals surface area contributed by atoms with Crippen molar-refractivity contribution in [3.8, 4) is 0 Å². The van der Waals surface area contributed by atoms with Gasteiger partial charge in [-0.05, 0) is 50.2 Å². The van der Waals surface area contributed by atoms with Crippen LogP contribution in [0.3, 0.4) is 0 Å². The smallest absolute Gasteiger partial charge is 0.271 e. The second-order valence-electron chi connectivity index (χ2n) is 6.31. The van der Waals surface area contributed by atoms with Crippen LogP contribution in [0.15, 0.2) is 34.9 Å². The van der Waals surface area contributed by atoms with E-state index in [9.17, 15) is 20.2 Å². The van der Waals surface area contributed by atoms with Gasteiger partial charge >= 0.3 is 5.69 Å². The molecule has 0 aliphatic heterocycles. The van der Waals surface area contributed by atoms with E-state index in [1.54, 1.807) is 0 Å². The van der Waals surface area contributed by atoms with E-state index in [-0.39, 0.29) is 23.0 Å². The minimum atomic E-state index is -0.650. The highest BCUT2D eigenvalue weighted by molar-refractivity contribution is 6.02. The number of benzene rings is 1. The Kier molecular flexibility index (Phi) is 6.82. The quantitative estimate of drug-likeness (QED) is 0.389. The van der Waals surface area contributed by atoms with E-state index < -0.39 is 9.85 Å². The summed E-state index contributed by atoms with van der Waals surface area (Å²) < 4.78 is 0. The average molecular weight is 360 g/mol. The first-order valence-electron chi connectivity index (χ1n) is 8.93. The van der Waals surface area contributed by atoms with Crippen LogP contribution in [-0.2, 0) is 0 Å². The summed E-state index contributed by atoms with van der Waals surface area (Å²) in [6.45, 7) is 4.20. The number of nitro groups is 2. The van der Waals surface area contributed by atoms with Crippen molar-refractivity contribution in [2.24, 2.45) is 11.0 Å². The lowest BCUT2D eigenvalue weighted by molar-refractivity contribution is -0.393. The molecule has 0 saturated carbocycles. The van der Waals surface area contributed by atoms with E-state index in [2.05, 4.69) is 30.5 Å². The molecule has 0 saturated heterocycles. The molecule has 0 atom stereocenters. The van der Waals surface area contributed by atoms with Gasteiger partial charge in [-0.3, -0.25) is 25.7 Å². The Balaban J connectivity index is 2.38. The molecule has 0 fully saturated rings. The van der Waals surface area contributed by atoms with E-state index in [0.29, 0.717) is 0 Å². The topological polar surface area (TPSA) is 111 Å². The van der Waals surface area contributed by atoms with Crippen molar-refractivity contribution in [1.29, 1.82) is 0 Å². The fraction of sp³-hybridized carbons (Fsp3) is 0.500. The number of non-ortho nitro benzene ring substituents is 1. The zero-order valence-corrected chi connectivity index (χ0v) is 15.1. The Labute approximate surface area is 152 Å². The number of hydrazone groups is 1. The zero-order chi connectivity index (χ0) is 19.1. The summed E-state index contributed by atoms with van der Waals surface area (Å²) in [4.78, 5) is 20.8. The molecule has 0 spiro atoms. The van der Waals surface area contributed by atoms with Gasteiger partial charge in [-0.2, -0.15) is 5.10 Å². The lowest BCUT2D eigenvalue weighted by Crippen LogP contribution is -2.19. The van der Waals surface area contributed by atoms with E-state index in [0.717, 1.165) is 43.9 Å². The molecule has 2 rings (SSSR count). The number of hydrogen-bond donors (Lipinski definition) is 1. The molecular formula is C18H24N4O4. The van der Waals surface area contributed by atoms with Crippen LogP contribution < -0.4 is 5.43 Å². The summed E-state index contributed by atoms with van der Waals surface area (Å²) in [7, 11) is 0. The van der Waals surface area contributed by atoms with Gasteiger partial charge in [-0.25, -0.2) is 0 Å². The van der Waals surface area contributed by atoms with Crippen LogP contribution in [0.5, 0.6) is 0 Å². The van der Waals surface area contributed by atoms with Gasteiger partial charge in [0.1, 0.15) is 5.69 Å².